The summed E-state index contributed by atoms with van der Waals surface area (Å²) in [6, 6.07) is 0.104. The van der Waals surface area contributed by atoms with Crippen LogP contribution in [-0.2, 0) is 13.0 Å². The van der Waals surface area contributed by atoms with E-state index in [-0.39, 0.29) is 6.04 Å². The second-order valence-corrected chi connectivity index (χ2v) is 2.98. The van der Waals surface area contributed by atoms with Crippen LogP contribution in [0.5, 0.6) is 0 Å². The van der Waals surface area contributed by atoms with E-state index in [9.17, 15) is 0 Å². The van der Waals surface area contributed by atoms with Crippen molar-refractivity contribution < 1.29 is 0 Å². The second-order valence-electron chi connectivity index (χ2n) is 2.98. The molecule has 72 valence electrons. The van der Waals surface area contributed by atoms with E-state index >= 15 is 0 Å². The fourth-order valence-corrected chi connectivity index (χ4v) is 1.24. The standard InChI is InChI=1S/C9H16N4/c1-3-5-8(10)6-9-11-7-12-13(9)4-2/h3,7-8H,1,4-6,10H2,2H3. The van der Waals surface area contributed by atoms with E-state index in [0.29, 0.717) is 0 Å². The van der Waals surface area contributed by atoms with Crippen LogP contribution in [-0.4, -0.2) is 20.8 Å². The van der Waals surface area contributed by atoms with E-state index < -0.39 is 0 Å². The van der Waals surface area contributed by atoms with Crippen LogP contribution >= 0.6 is 0 Å². The Hall–Kier alpha value is -1.16. The second kappa shape index (κ2) is 4.77. The zero-order valence-corrected chi connectivity index (χ0v) is 7.98. The lowest BCUT2D eigenvalue weighted by molar-refractivity contribution is 0.572. The van der Waals surface area contributed by atoms with Crippen LogP contribution in [0.15, 0.2) is 19.0 Å². The summed E-state index contributed by atoms with van der Waals surface area (Å²) in [6.07, 6.45) is 4.98. The SMILES string of the molecule is C=CCC(N)Cc1ncnn1CC. The molecular weight excluding hydrogens is 164 g/mol. The van der Waals surface area contributed by atoms with Crippen molar-refractivity contribution in [3.63, 3.8) is 0 Å². The first kappa shape index (κ1) is 9.92. The molecule has 0 spiro atoms. The number of aryl methyl sites for hydroxylation is 1. The molecule has 0 amide bonds. The van der Waals surface area contributed by atoms with Crippen LogP contribution in [0.25, 0.3) is 0 Å². The summed E-state index contributed by atoms with van der Waals surface area (Å²) in [4.78, 5) is 4.15. The van der Waals surface area contributed by atoms with Crippen LogP contribution in [0.2, 0.25) is 0 Å². The molecule has 1 rings (SSSR count). The average Bonchev–Trinajstić information content (AvgIpc) is 2.52. The molecular formula is C9H16N4. The number of aromatic nitrogens is 3. The predicted molar refractivity (Wildman–Crippen MR) is 52.2 cm³/mol. The van der Waals surface area contributed by atoms with E-state index in [1.165, 1.54) is 0 Å². The number of nitrogens with zero attached hydrogens (tertiary/aromatic N) is 3. The maximum atomic E-state index is 5.85. The lowest BCUT2D eigenvalue weighted by Crippen LogP contribution is -2.24. The summed E-state index contributed by atoms with van der Waals surface area (Å²) < 4.78 is 1.86. The van der Waals surface area contributed by atoms with Gasteiger partial charge in [-0.05, 0) is 13.3 Å². The van der Waals surface area contributed by atoms with Gasteiger partial charge in [0.25, 0.3) is 0 Å². The van der Waals surface area contributed by atoms with Crippen molar-refractivity contribution in [2.24, 2.45) is 5.73 Å². The quantitative estimate of drug-likeness (QED) is 0.680. The smallest absolute Gasteiger partial charge is 0.138 e. The molecule has 13 heavy (non-hydrogen) atoms. The Morgan fingerprint density at radius 3 is 3.15 bits per heavy atom. The number of nitrogens with two attached hydrogens (primary N) is 1. The minimum Gasteiger partial charge on any atom is -0.327 e. The average molecular weight is 180 g/mol. The fraction of sp³-hybridized carbons (Fsp3) is 0.556. The molecule has 0 fully saturated rings. The number of hydrogen-bond donors (Lipinski definition) is 1. The van der Waals surface area contributed by atoms with Crippen molar-refractivity contribution in [3.05, 3.63) is 24.8 Å². The fourth-order valence-electron chi connectivity index (χ4n) is 1.24. The Labute approximate surface area is 78.5 Å². The first-order chi connectivity index (χ1) is 6.27. The molecule has 1 unspecified atom stereocenters. The summed E-state index contributed by atoms with van der Waals surface area (Å²) in [5, 5.41) is 4.07. The molecule has 0 saturated heterocycles. The summed E-state index contributed by atoms with van der Waals surface area (Å²) in [6.45, 7) is 6.53. The normalized spacial score (nSPS) is 12.8. The number of hydrogen-bond acceptors (Lipinski definition) is 3. The van der Waals surface area contributed by atoms with Gasteiger partial charge in [-0.15, -0.1) is 6.58 Å². The Balaban J connectivity index is 2.57. The summed E-state index contributed by atoms with van der Waals surface area (Å²) in [5.41, 5.74) is 5.85. The van der Waals surface area contributed by atoms with Gasteiger partial charge in [0.1, 0.15) is 12.2 Å². The van der Waals surface area contributed by atoms with Crippen molar-refractivity contribution in [2.75, 3.05) is 0 Å². The minimum atomic E-state index is 0.104. The molecule has 4 heteroatoms. The summed E-state index contributed by atoms with van der Waals surface area (Å²) >= 11 is 0. The molecule has 1 aromatic heterocycles. The third-order valence-corrected chi connectivity index (χ3v) is 1.91. The maximum Gasteiger partial charge on any atom is 0.138 e. The van der Waals surface area contributed by atoms with Crippen molar-refractivity contribution >= 4 is 0 Å². The van der Waals surface area contributed by atoms with Crippen molar-refractivity contribution in [1.29, 1.82) is 0 Å². The van der Waals surface area contributed by atoms with Gasteiger partial charge in [0.05, 0.1) is 0 Å². The molecule has 0 aliphatic carbocycles. The van der Waals surface area contributed by atoms with Crippen molar-refractivity contribution in [2.45, 2.75) is 32.4 Å². The molecule has 1 atom stereocenters. The van der Waals surface area contributed by atoms with Crippen LogP contribution < -0.4 is 5.73 Å². The van der Waals surface area contributed by atoms with Crippen molar-refractivity contribution in [3.8, 4) is 0 Å². The molecule has 0 radical (unpaired) electrons. The molecule has 0 aliphatic heterocycles. The molecule has 1 aromatic rings. The Morgan fingerprint density at radius 1 is 1.77 bits per heavy atom. The monoisotopic (exact) mass is 180 g/mol. The van der Waals surface area contributed by atoms with E-state index in [4.69, 9.17) is 5.73 Å². The number of rotatable bonds is 5. The molecule has 4 nitrogen and oxygen atoms in total. The van der Waals surface area contributed by atoms with E-state index in [1.807, 2.05) is 17.7 Å². The molecule has 0 saturated carbocycles. The van der Waals surface area contributed by atoms with Gasteiger partial charge in [-0.2, -0.15) is 5.10 Å². The molecule has 0 bridgehead atoms. The van der Waals surface area contributed by atoms with Gasteiger partial charge in [0.2, 0.25) is 0 Å². The summed E-state index contributed by atoms with van der Waals surface area (Å²) in [7, 11) is 0. The van der Waals surface area contributed by atoms with E-state index in [0.717, 1.165) is 25.2 Å². The van der Waals surface area contributed by atoms with Gasteiger partial charge in [-0.3, -0.25) is 4.68 Å². The van der Waals surface area contributed by atoms with Gasteiger partial charge in [-0.1, -0.05) is 6.08 Å². The summed E-state index contributed by atoms with van der Waals surface area (Å²) in [5.74, 6) is 0.955. The largest absolute Gasteiger partial charge is 0.327 e. The van der Waals surface area contributed by atoms with E-state index in [1.54, 1.807) is 6.33 Å². The Morgan fingerprint density at radius 2 is 2.54 bits per heavy atom. The first-order valence-electron chi connectivity index (χ1n) is 4.51. The Kier molecular flexibility index (Phi) is 3.64. The van der Waals surface area contributed by atoms with Crippen molar-refractivity contribution in [1.82, 2.24) is 14.8 Å². The zero-order chi connectivity index (χ0) is 9.68. The highest BCUT2D eigenvalue weighted by Gasteiger charge is 2.07. The van der Waals surface area contributed by atoms with Gasteiger partial charge in [0, 0.05) is 19.0 Å². The first-order valence-corrected chi connectivity index (χ1v) is 4.51. The highest BCUT2D eigenvalue weighted by atomic mass is 15.3. The van der Waals surface area contributed by atoms with Crippen LogP contribution in [0.4, 0.5) is 0 Å². The molecule has 0 aliphatic rings. The molecule has 2 N–H and O–H groups in total. The Bertz CT molecular complexity index is 266. The lowest BCUT2D eigenvalue weighted by atomic mass is 10.1. The van der Waals surface area contributed by atoms with E-state index in [2.05, 4.69) is 16.7 Å². The topological polar surface area (TPSA) is 56.7 Å². The van der Waals surface area contributed by atoms with Gasteiger partial charge in [0.15, 0.2) is 0 Å². The van der Waals surface area contributed by atoms with Gasteiger partial charge in [-0.25, -0.2) is 4.98 Å². The minimum absolute atomic E-state index is 0.104. The third-order valence-electron chi connectivity index (χ3n) is 1.91. The van der Waals surface area contributed by atoms with Gasteiger partial charge >= 0.3 is 0 Å². The van der Waals surface area contributed by atoms with Crippen LogP contribution in [0.3, 0.4) is 0 Å². The zero-order valence-electron chi connectivity index (χ0n) is 7.98. The molecule has 0 aromatic carbocycles. The predicted octanol–water partition coefficient (Wildman–Crippen LogP) is 0.744. The third kappa shape index (κ3) is 2.66. The highest BCUT2D eigenvalue weighted by Crippen LogP contribution is 2.00. The lowest BCUT2D eigenvalue weighted by Gasteiger charge is -2.08. The highest BCUT2D eigenvalue weighted by molar-refractivity contribution is 4.90. The van der Waals surface area contributed by atoms with Gasteiger partial charge < -0.3 is 5.73 Å². The maximum absolute atomic E-state index is 5.85. The van der Waals surface area contributed by atoms with Crippen LogP contribution in [0.1, 0.15) is 19.2 Å². The van der Waals surface area contributed by atoms with Crippen LogP contribution in [0, 0.1) is 0 Å². The molecule has 1 heterocycles.